The van der Waals surface area contributed by atoms with E-state index in [1.807, 2.05) is 20.8 Å². The van der Waals surface area contributed by atoms with Crippen molar-refractivity contribution >= 4 is 6.72 Å². The second-order valence-electron chi connectivity index (χ2n) is 4.10. The van der Waals surface area contributed by atoms with E-state index in [2.05, 4.69) is 11.7 Å². The Morgan fingerprint density at radius 3 is 2.00 bits per heavy atom. The SMILES string of the molecule is C=N/C(=C(N)\C=C(/C)N)C(C)(C)C. The number of allylic oxidation sites excluding steroid dienone is 3. The molecule has 0 aromatic carbocycles. The van der Waals surface area contributed by atoms with Gasteiger partial charge in [-0.3, -0.25) is 4.99 Å². The lowest BCUT2D eigenvalue weighted by Crippen LogP contribution is -2.14. The van der Waals surface area contributed by atoms with E-state index in [-0.39, 0.29) is 5.41 Å². The molecule has 0 amide bonds. The summed E-state index contributed by atoms with van der Waals surface area (Å²) in [7, 11) is 0. The number of aliphatic imine (C=N–C) groups is 1. The zero-order valence-electron chi connectivity index (χ0n) is 8.89. The first kappa shape index (κ1) is 11.8. The van der Waals surface area contributed by atoms with Gasteiger partial charge in [0.05, 0.1) is 11.4 Å². The summed E-state index contributed by atoms with van der Waals surface area (Å²) in [4.78, 5) is 3.92. The number of hydrogen-bond acceptors (Lipinski definition) is 3. The average molecular weight is 181 g/mol. The fourth-order valence-corrected chi connectivity index (χ4v) is 1.08. The van der Waals surface area contributed by atoms with E-state index in [9.17, 15) is 0 Å². The van der Waals surface area contributed by atoms with Crippen molar-refractivity contribution in [2.45, 2.75) is 27.7 Å². The summed E-state index contributed by atoms with van der Waals surface area (Å²) in [5, 5.41) is 0. The van der Waals surface area contributed by atoms with E-state index in [0.29, 0.717) is 11.4 Å². The van der Waals surface area contributed by atoms with Crippen LogP contribution in [0.3, 0.4) is 0 Å². The van der Waals surface area contributed by atoms with E-state index in [0.717, 1.165) is 5.70 Å². The molecule has 0 aliphatic carbocycles. The largest absolute Gasteiger partial charge is 0.402 e. The third kappa shape index (κ3) is 3.78. The van der Waals surface area contributed by atoms with Crippen LogP contribution < -0.4 is 11.5 Å². The van der Waals surface area contributed by atoms with Gasteiger partial charge in [0.2, 0.25) is 0 Å². The first-order chi connectivity index (χ1) is 5.79. The Kier molecular flexibility index (Phi) is 3.72. The topological polar surface area (TPSA) is 64.4 Å². The molecule has 4 N–H and O–H groups in total. The lowest BCUT2D eigenvalue weighted by Gasteiger charge is -2.20. The van der Waals surface area contributed by atoms with Crippen molar-refractivity contribution in [3.8, 4) is 0 Å². The average Bonchev–Trinajstić information content (AvgIpc) is 1.82. The smallest absolute Gasteiger partial charge is 0.0679 e. The summed E-state index contributed by atoms with van der Waals surface area (Å²) in [6.45, 7) is 11.4. The monoisotopic (exact) mass is 181 g/mol. The normalized spacial score (nSPS) is 15.2. The minimum absolute atomic E-state index is 0.0994. The molecule has 0 aliphatic rings. The van der Waals surface area contributed by atoms with Crippen LogP contribution in [-0.4, -0.2) is 6.72 Å². The molecule has 0 heterocycles. The van der Waals surface area contributed by atoms with Crippen LogP contribution in [0, 0.1) is 5.41 Å². The number of hydrogen-bond donors (Lipinski definition) is 2. The van der Waals surface area contributed by atoms with Gasteiger partial charge in [0, 0.05) is 11.1 Å². The lowest BCUT2D eigenvalue weighted by molar-refractivity contribution is 0.494. The predicted octanol–water partition coefficient (Wildman–Crippen LogP) is 1.77. The van der Waals surface area contributed by atoms with Gasteiger partial charge in [-0.1, -0.05) is 20.8 Å². The van der Waals surface area contributed by atoms with Crippen LogP contribution in [0.4, 0.5) is 0 Å². The van der Waals surface area contributed by atoms with Crippen LogP contribution in [0.15, 0.2) is 28.2 Å². The fourth-order valence-electron chi connectivity index (χ4n) is 1.08. The van der Waals surface area contributed by atoms with Crippen LogP contribution in [0.2, 0.25) is 0 Å². The maximum atomic E-state index is 5.81. The molecule has 0 fully saturated rings. The highest BCUT2D eigenvalue weighted by molar-refractivity contribution is 5.36. The Balaban J connectivity index is 5.15. The molecule has 3 heteroatoms. The van der Waals surface area contributed by atoms with Crippen LogP contribution in [0.5, 0.6) is 0 Å². The molecule has 0 unspecified atom stereocenters. The standard InChI is InChI=1S/C10H19N3/c1-7(11)6-8(12)9(13-5)10(2,3)4/h6H,5,11-12H2,1-4H3/b7-6+,9-8+. The molecule has 0 aromatic rings. The summed E-state index contributed by atoms with van der Waals surface area (Å²) in [5.74, 6) is 0. The zero-order chi connectivity index (χ0) is 10.6. The molecule has 0 rings (SSSR count). The van der Waals surface area contributed by atoms with Crippen molar-refractivity contribution in [1.82, 2.24) is 0 Å². The van der Waals surface area contributed by atoms with E-state index in [1.54, 1.807) is 13.0 Å². The Morgan fingerprint density at radius 1 is 1.31 bits per heavy atom. The van der Waals surface area contributed by atoms with Crippen LogP contribution >= 0.6 is 0 Å². The molecule has 3 nitrogen and oxygen atoms in total. The minimum Gasteiger partial charge on any atom is -0.402 e. The molecule has 13 heavy (non-hydrogen) atoms. The molecule has 74 valence electrons. The van der Waals surface area contributed by atoms with Gasteiger partial charge >= 0.3 is 0 Å². The van der Waals surface area contributed by atoms with Gasteiger partial charge in [-0.25, -0.2) is 0 Å². The van der Waals surface area contributed by atoms with Gasteiger partial charge in [-0.15, -0.1) is 0 Å². The molecule has 0 aliphatic heterocycles. The van der Waals surface area contributed by atoms with Gasteiger partial charge < -0.3 is 11.5 Å². The lowest BCUT2D eigenvalue weighted by atomic mass is 9.90. The highest BCUT2D eigenvalue weighted by Gasteiger charge is 2.18. The third-order valence-corrected chi connectivity index (χ3v) is 1.53. The van der Waals surface area contributed by atoms with Crippen molar-refractivity contribution in [2.24, 2.45) is 21.9 Å². The van der Waals surface area contributed by atoms with E-state index in [4.69, 9.17) is 11.5 Å². The quantitative estimate of drug-likeness (QED) is 0.503. The van der Waals surface area contributed by atoms with Crippen LogP contribution in [0.25, 0.3) is 0 Å². The van der Waals surface area contributed by atoms with Gasteiger partial charge in [0.15, 0.2) is 0 Å². The predicted molar refractivity (Wildman–Crippen MR) is 58.2 cm³/mol. The van der Waals surface area contributed by atoms with Crippen molar-refractivity contribution < 1.29 is 0 Å². The number of nitrogens with two attached hydrogens (primary N) is 2. The van der Waals surface area contributed by atoms with Crippen molar-refractivity contribution in [3.63, 3.8) is 0 Å². The van der Waals surface area contributed by atoms with Gasteiger partial charge in [-0.05, 0) is 19.7 Å². The van der Waals surface area contributed by atoms with Gasteiger partial charge in [0.1, 0.15) is 0 Å². The summed E-state index contributed by atoms with van der Waals surface area (Å²) in [6, 6.07) is 0. The van der Waals surface area contributed by atoms with Crippen LogP contribution in [0.1, 0.15) is 27.7 Å². The van der Waals surface area contributed by atoms with Gasteiger partial charge in [-0.2, -0.15) is 0 Å². The summed E-state index contributed by atoms with van der Waals surface area (Å²) in [6.07, 6.45) is 1.70. The van der Waals surface area contributed by atoms with Crippen molar-refractivity contribution in [3.05, 3.63) is 23.2 Å². The molecule has 0 aromatic heterocycles. The van der Waals surface area contributed by atoms with Crippen LogP contribution in [-0.2, 0) is 0 Å². The molecule has 0 radical (unpaired) electrons. The number of rotatable bonds is 2. The van der Waals surface area contributed by atoms with Gasteiger partial charge in [0.25, 0.3) is 0 Å². The minimum atomic E-state index is -0.0994. The first-order valence-electron chi connectivity index (χ1n) is 4.19. The molecule has 0 saturated heterocycles. The first-order valence-corrected chi connectivity index (χ1v) is 4.19. The summed E-state index contributed by atoms with van der Waals surface area (Å²) < 4.78 is 0. The zero-order valence-corrected chi connectivity index (χ0v) is 8.89. The summed E-state index contributed by atoms with van der Waals surface area (Å²) in [5.41, 5.74) is 13.2. The van der Waals surface area contributed by atoms with E-state index < -0.39 is 0 Å². The maximum absolute atomic E-state index is 5.81. The van der Waals surface area contributed by atoms with Crippen molar-refractivity contribution in [2.75, 3.05) is 0 Å². The molecule has 0 bridgehead atoms. The van der Waals surface area contributed by atoms with E-state index >= 15 is 0 Å². The highest BCUT2D eigenvalue weighted by atomic mass is 14.8. The Hall–Kier alpha value is -1.25. The van der Waals surface area contributed by atoms with E-state index in [1.165, 1.54) is 0 Å². The Bertz CT molecular complexity index is 250. The third-order valence-electron chi connectivity index (χ3n) is 1.53. The molecular formula is C10H19N3. The number of nitrogens with zero attached hydrogens (tertiary/aromatic N) is 1. The maximum Gasteiger partial charge on any atom is 0.0679 e. The fraction of sp³-hybridized carbons (Fsp3) is 0.500. The highest BCUT2D eigenvalue weighted by Crippen LogP contribution is 2.27. The molecular weight excluding hydrogens is 162 g/mol. The second kappa shape index (κ2) is 4.12. The molecule has 0 atom stereocenters. The second-order valence-corrected chi connectivity index (χ2v) is 4.10. The van der Waals surface area contributed by atoms with Crippen molar-refractivity contribution in [1.29, 1.82) is 0 Å². The summed E-state index contributed by atoms with van der Waals surface area (Å²) >= 11 is 0. The molecule has 0 spiro atoms. The Morgan fingerprint density at radius 2 is 1.77 bits per heavy atom. The molecule has 0 saturated carbocycles. The Labute approximate surface area is 80.2 Å².